The van der Waals surface area contributed by atoms with Gasteiger partial charge in [-0.2, -0.15) is 26.3 Å². The third kappa shape index (κ3) is 3.73. The average molecular weight is 505 g/mol. The van der Waals surface area contributed by atoms with Crippen LogP contribution in [0, 0.1) is 0 Å². The molecule has 37 heavy (non-hydrogen) atoms. The number of rotatable bonds is 2. The van der Waals surface area contributed by atoms with Gasteiger partial charge in [0.05, 0.1) is 27.8 Å². The van der Waals surface area contributed by atoms with Crippen LogP contribution in [0.15, 0.2) is 103 Å². The fourth-order valence-electron chi connectivity index (χ4n) is 5.10. The molecule has 0 radical (unpaired) electrons. The lowest BCUT2D eigenvalue weighted by molar-refractivity contribution is -0.141. The number of aromatic nitrogens is 1. The molecule has 0 saturated carbocycles. The van der Waals surface area contributed by atoms with Crippen molar-refractivity contribution in [2.45, 2.75) is 12.4 Å². The van der Waals surface area contributed by atoms with Gasteiger partial charge in [0.25, 0.3) is 0 Å². The second-order valence-corrected chi connectivity index (χ2v) is 8.81. The minimum atomic E-state index is -4.84. The van der Waals surface area contributed by atoms with Crippen LogP contribution in [0.1, 0.15) is 11.1 Å². The van der Waals surface area contributed by atoms with Crippen LogP contribution in [0.4, 0.5) is 26.3 Å². The van der Waals surface area contributed by atoms with Gasteiger partial charge < -0.3 is 4.57 Å². The lowest BCUT2D eigenvalue weighted by Crippen LogP contribution is -2.11. The molecule has 0 N–H and O–H groups in total. The number of fused-ring (bicyclic) bond motifs is 4. The second kappa shape index (κ2) is 8.13. The first-order chi connectivity index (χ1) is 17.6. The van der Waals surface area contributed by atoms with E-state index in [0.29, 0.717) is 34.7 Å². The highest BCUT2D eigenvalue weighted by Crippen LogP contribution is 2.44. The van der Waals surface area contributed by atoms with Crippen molar-refractivity contribution >= 4 is 32.6 Å². The van der Waals surface area contributed by atoms with Crippen molar-refractivity contribution in [1.82, 2.24) is 4.57 Å². The standard InChI is InChI=1S/C30H17F6N/c31-29(32,33)19-15-16-24(30(34,35)36)23(17-19)22-11-5-7-18-8-6-14-27(28(18)22)37-25-12-3-1-9-20(25)21-10-2-4-13-26(21)37/h1-17H. The predicted molar refractivity (Wildman–Crippen MR) is 134 cm³/mol. The molecule has 6 rings (SSSR count). The summed E-state index contributed by atoms with van der Waals surface area (Å²) in [5, 5.41) is 2.97. The Hall–Kier alpha value is -4.26. The Morgan fingerprint density at radius 3 is 1.70 bits per heavy atom. The van der Waals surface area contributed by atoms with E-state index < -0.39 is 29.0 Å². The molecular weight excluding hydrogens is 488 g/mol. The first-order valence-electron chi connectivity index (χ1n) is 11.4. The molecule has 0 fully saturated rings. The third-order valence-electron chi connectivity index (χ3n) is 6.65. The van der Waals surface area contributed by atoms with E-state index in [-0.39, 0.29) is 5.56 Å². The lowest BCUT2D eigenvalue weighted by Gasteiger charge is -2.19. The Morgan fingerprint density at radius 2 is 1.11 bits per heavy atom. The number of nitrogens with zero attached hydrogens (tertiary/aromatic N) is 1. The average Bonchev–Trinajstić information content (AvgIpc) is 3.21. The van der Waals surface area contributed by atoms with Crippen molar-refractivity contribution in [3.8, 4) is 16.8 Å². The van der Waals surface area contributed by atoms with Crippen molar-refractivity contribution in [1.29, 1.82) is 0 Å². The highest BCUT2D eigenvalue weighted by Gasteiger charge is 2.37. The molecule has 0 spiro atoms. The molecule has 184 valence electrons. The third-order valence-corrected chi connectivity index (χ3v) is 6.65. The van der Waals surface area contributed by atoms with Gasteiger partial charge in [-0.3, -0.25) is 0 Å². The molecule has 0 bridgehead atoms. The SMILES string of the molecule is FC(F)(F)c1ccc(C(F)(F)F)c(-c2cccc3cccc(-n4c5ccccc5c5ccccc54)c23)c1. The largest absolute Gasteiger partial charge is 0.417 e. The molecule has 0 saturated heterocycles. The van der Waals surface area contributed by atoms with Crippen LogP contribution in [-0.2, 0) is 12.4 Å². The second-order valence-electron chi connectivity index (χ2n) is 8.81. The molecular formula is C30H17F6N. The molecule has 1 nitrogen and oxygen atoms in total. The van der Waals surface area contributed by atoms with Crippen LogP contribution in [0.5, 0.6) is 0 Å². The zero-order valence-corrected chi connectivity index (χ0v) is 19.0. The summed E-state index contributed by atoms with van der Waals surface area (Å²) >= 11 is 0. The molecule has 5 aromatic carbocycles. The van der Waals surface area contributed by atoms with Gasteiger partial charge in [-0.1, -0.05) is 66.7 Å². The molecule has 0 amide bonds. The molecule has 0 atom stereocenters. The molecule has 0 aliphatic carbocycles. The van der Waals surface area contributed by atoms with Gasteiger partial charge in [-0.15, -0.1) is 0 Å². The Kier molecular flexibility index (Phi) is 5.09. The van der Waals surface area contributed by atoms with Crippen LogP contribution >= 0.6 is 0 Å². The van der Waals surface area contributed by atoms with E-state index in [9.17, 15) is 26.3 Å². The van der Waals surface area contributed by atoms with Gasteiger partial charge in [-0.05, 0) is 52.9 Å². The molecule has 0 aliphatic rings. The highest BCUT2D eigenvalue weighted by molar-refractivity contribution is 6.12. The van der Waals surface area contributed by atoms with E-state index in [1.807, 2.05) is 53.1 Å². The highest BCUT2D eigenvalue weighted by atomic mass is 19.4. The molecule has 0 aliphatic heterocycles. The summed E-state index contributed by atoms with van der Waals surface area (Å²) in [5.74, 6) is 0. The van der Waals surface area contributed by atoms with Crippen molar-refractivity contribution < 1.29 is 26.3 Å². The maximum atomic E-state index is 14.1. The Morgan fingerprint density at radius 1 is 0.514 bits per heavy atom. The minimum absolute atomic E-state index is 0.0772. The molecule has 1 aromatic heterocycles. The maximum Gasteiger partial charge on any atom is 0.417 e. The number of benzene rings is 5. The topological polar surface area (TPSA) is 4.93 Å². The maximum absolute atomic E-state index is 14.1. The summed E-state index contributed by atoms with van der Waals surface area (Å²) in [7, 11) is 0. The first kappa shape index (κ1) is 23.2. The number of halogens is 6. The van der Waals surface area contributed by atoms with Gasteiger partial charge in [0.1, 0.15) is 0 Å². The van der Waals surface area contributed by atoms with Crippen LogP contribution in [0.2, 0.25) is 0 Å². The summed E-state index contributed by atoms with van der Waals surface area (Å²) in [6.07, 6.45) is -9.64. The summed E-state index contributed by atoms with van der Waals surface area (Å²) in [6.45, 7) is 0. The summed E-state index contributed by atoms with van der Waals surface area (Å²) in [4.78, 5) is 0. The van der Waals surface area contributed by atoms with Gasteiger partial charge in [0, 0.05) is 16.2 Å². The van der Waals surface area contributed by atoms with Crippen LogP contribution in [-0.4, -0.2) is 4.57 Å². The number of alkyl halides is 6. The molecule has 0 unspecified atom stereocenters. The number of para-hydroxylation sites is 2. The van der Waals surface area contributed by atoms with E-state index in [1.165, 1.54) is 6.07 Å². The van der Waals surface area contributed by atoms with E-state index in [0.717, 1.165) is 21.8 Å². The zero-order chi connectivity index (χ0) is 25.9. The smallest absolute Gasteiger partial charge is 0.309 e. The first-order valence-corrected chi connectivity index (χ1v) is 11.4. The fourth-order valence-corrected chi connectivity index (χ4v) is 5.10. The van der Waals surface area contributed by atoms with Gasteiger partial charge in [0.15, 0.2) is 0 Å². The van der Waals surface area contributed by atoms with Crippen molar-refractivity contribution in [3.63, 3.8) is 0 Å². The van der Waals surface area contributed by atoms with Crippen molar-refractivity contribution in [2.24, 2.45) is 0 Å². The van der Waals surface area contributed by atoms with E-state index in [1.54, 1.807) is 30.3 Å². The monoisotopic (exact) mass is 505 g/mol. The molecule has 7 heteroatoms. The van der Waals surface area contributed by atoms with Gasteiger partial charge in [0.2, 0.25) is 0 Å². The summed E-state index contributed by atoms with van der Waals surface area (Å²) < 4.78 is 84.9. The Bertz CT molecular complexity index is 1750. The van der Waals surface area contributed by atoms with E-state index >= 15 is 0 Å². The van der Waals surface area contributed by atoms with Gasteiger partial charge in [-0.25, -0.2) is 0 Å². The Balaban J connectivity index is 1.76. The van der Waals surface area contributed by atoms with Gasteiger partial charge >= 0.3 is 12.4 Å². The Labute approximate surface area is 207 Å². The number of hydrogen-bond acceptors (Lipinski definition) is 0. The molecule has 6 aromatic rings. The van der Waals surface area contributed by atoms with Crippen molar-refractivity contribution in [3.05, 3.63) is 114 Å². The summed E-state index contributed by atoms with van der Waals surface area (Å²) in [6, 6.07) is 27.0. The minimum Gasteiger partial charge on any atom is -0.309 e. The number of hydrogen-bond donors (Lipinski definition) is 0. The normalized spacial score (nSPS) is 12.6. The van der Waals surface area contributed by atoms with Crippen LogP contribution in [0.3, 0.4) is 0 Å². The predicted octanol–water partition coefficient (Wildman–Crippen LogP) is 9.64. The molecule has 1 heterocycles. The van der Waals surface area contributed by atoms with E-state index in [4.69, 9.17) is 0 Å². The van der Waals surface area contributed by atoms with Crippen LogP contribution < -0.4 is 0 Å². The quantitative estimate of drug-likeness (QED) is 0.207. The zero-order valence-electron chi connectivity index (χ0n) is 19.0. The summed E-state index contributed by atoms with van der Waals surface area (Å²) in [5.41, 5.74) is -0.436. The van der Waals surface area contributed by atoms with E-state index in [2.05, 4.69) is 0 Å². The lowest BCUT2D eigenvalue weighted by atomic mass is 9.91. The fraction of sp³-hybridized carbons (Fsp3) is 0.0667. The van der Waals surface area contributed by atoms with Crippen molar-refractivity contribution in [2.75, 3.05) is 0 Å². The van der Waals surface area contributed by atoms with Crippen LogP contribution in [0.25, 0.3) is 49.4 Å².